The van der Waals surface area contributed by atoms with Crippen LogP contribution in [0, 0.1) is 0 Å². The number of carbonyl (C=O) groups excluding carboxylic acids is 1. The number of amides is 1. The lowest BCUT2D eigenvalue weighted by atomic mass is 10.1. The molecule has 1 heterocycles. The number of likely N-dealkylation sites (tertiary alicyclic amines) is 1. The van der Waals surface area contributed by atoms with Crippen LogP contribution in [-0.2, 0) is 27.9 Å². The number of benzene rings is 2. The van der Waals surface area contributed by atoms with Crippen LogP contribution in [0.5, 0.6) is 0 Å². The Hall–Kier alpha value is -2.22. The molecule has 1 atom stereocenters. The lowest BCUT2D eigenvalue weighted by Gasteiger charge is -2.16. The zero-order valence-electron chi connectivity index (χ0n) is 16.1. The number of nitrogens with one attached hydrogen (secondary N) is 2. The number of sulfonamides is 1. The van der Waals surface area contributed by atoms with Gasteiger partial charge < -0.3 is 5.32 Å². The highest BCUT2D eigenvalue weighted by atomic mass is 32.2. The van der Waals surface area contributed by atoms with Gasteiger partial charge in [-0.05, 0) is 56.1 Å². The quantitative estimate of drug-likeness (QED) is 0.711. The smallest absolute Gasteiger partial charge is 0.241 e. The summed E-state index contributed by atoms with van der Waals surface area (Å²) >= 11 is 0. The first-order valence-corrected chi connectivity index (χ1v) is 11.1. The van der Waals surface area contributed by atoms with Crippen molar-refractivity contribution in [2.24, 2.45) is 0 Å². The fourth-order valence-electron chi connectivity index (χ4n) is 3.26. The summed E-state index contributed by atoms with van der Waals surface area (Å²) in [7, 11) is -3.72. The second-order valence-corrected chi connectivity index (χ2v) is 8.89. The maximum atomic E-state index is 12.3. The summed E-state index contributed by atoms with van der Waals surface area (Å²) in [4.78, 5) is 14.9. The molecule has 1 aliphatic rings. The Bertz CT molecular complexity index is 877. The maximum Gasteiger partial charge on any atom is 0.241 e. The third kappa shape index (κ3) is 5.64. The zero-order valence-corrected chi connectivity index (χ0v) is 16.9. The highest BCUT2D eigenvalue weighted by Crippen LogP contribution is 2.13. The molecule has 0 aliphatic carbocycles. The molecule has 1 saturated heterocycles. The van der Waals surface area contributed by atoms with E-state index in [1.807, 2.05) is 12.1 Å². The van der Waals surface area contributed by atoms with Gasteiger partial charge in [0.25, 0.3) is 0 Å². The number of hydrogen-bond acceptors (Lipinski definition) is 4. The van der Waals surface area contributed by atoms with E-state index in [0.717, 1.165) is 25.2 Å². The van der Waals surface area contributed by atoms with Crippen LogP contribution < -0.4 is 10.0 Å². The number of rotatable bonds is 8. The Morgan fingerprint density at radius 3 is 2.25 bits per heavy atom. The van der Waals surface area contributed by atoms with Gasteiger partial charge in [0.2, 0.25) is 15.9 Å². The Labute approximate surface area is 167 Å². The van der Waals surface area contributed by atoms with Gasteiger partial charge in [0.05, 0.1) is 10.9 Å². The van der Waals surface area contributed by atoms with E-state index in [0.29, 0.717) is 6.54 Å². The molecule has 0 bridgehead atoms. The van der Waals surface area contributed by atoms with Gasteiger partial charge in [-0.25, -0.2) is 8.42 Å². The molecule has 150 valence electrons. The third-order valence-corrected chi connectivity index (χ3v) is 6.43. The molecular formula is C21H27N3O3S. The molecule has 0 radical (unpaired) electrons. The fourth-order valence-corrected chi connectivity index (χ4v) is 4.48. The Kier molecular flexibility index (Phi) is 6.83. The molecule has 3 rings (SSSR count). The van der Waals surface area contributed by atoms with Crippen molar-refractivity contribution in [3.05, 3.63) is 65.7 Å². The van der Waals surface area contributed by atoms with Gasteiger partial charge >= 0.3 is 0 Å². The second-order valence-electron chi connectivity index (χ2n) is 7.17. The lowest BCUT2D eigenvalue weighted by molar-refractivity contribution is -0.122. The molecule has 2 aromatic carbocycles. The Morgan fingerprint density at radius 1 is 1.00 bits per heavy atom. The van der Waals surface area contributed by atoms with Crippen LogP contribution in [0.25, 0.3) is 0 Å². The van der Waals surface area contributed by atoms with Crippen molar-refractivity contribution in [3.63, 3.8) is 0 Å². The summed E-state index contributed by atoms with van der Waals surface area (Å²) in [5, 5.41) is 2.79. The number of nitrogens with zero attached hydrogens (tertiary/aromatic N) is 1. The third-order valence-electron chi connectivity index (χ3n) is 4.87. The predicted molar refractivity (Wildman–Crippen MR) is 109 cm³/mol. The van der Waals surface area contributed by atoms with Crippen molar-refractivity contribution in [3.8, 4) is 0 Å². The standard InChI is InChI=1S/C21H27N3O3S/c1-17(23-28(26,27)20-7-3-2-4-8-20)21(25)22-15-18-9-11-19(12-10-18)16-24-13-5-6-14-24/h2-4,7-12,17,23H,5-6,13-16H2,1H3,(H,22,25). The lowest BCUT2D eigenvalue weighted by Crippen LogP contribution is -2.44. The molecule has 6 nitrogen and oxygen atoms in total. The molecule has 0 aromatic heterocycles. The van der Waals surface area contributed by atoms with Crippen molar-refractivity contribution in [1.29, 1.82) is 0 Å². The van der Waals surface area contributed by atoms with Crippen LogP contribution in [0.1, 0.15) is 30.9 Å². The van der Waals surface area contributed by atoms with Crippen LogP contribution >= 0.6 is 0 Å². The van der Waals surface area contributed by atoms with E-state index < -0.39 is 16.1 Å². The SMILES string of the molecule is CC(NS(=O)(=O)c1ccccc1)C(=O)NCc1ccc(CN2CCCC2)cc1. The molecule has 28 heavy (non-hydrogen) atoms. The highest BCUT2D eigenvalue weighted by molar-refractivity contribution is 7.89. The average molecular weight is 402 g/mol. The molecule has 2 N–H and O–H groups in total. The molecule has 0 spiro atoms. The first-order chi connectivity index (χ1) is 13.4. The molecule has 2 aromatic rings. The molecule has 1 amide bonds. The van der Waals surface area contributed by atoms with Crippen molar-refractivity contribution >= 4 is 15.9 Å². The van der Waals surface area contributed by atoms with E-state index in [9.17, 15) is 13.2 Å². The first kappa shape index (κ1) is 20.5. The van der Waals surface area contributed by atoms with Crippen molar-refractivity contribution in [2.45, 2.75) is 43.8 Å². The minimum atomic E-state index is -3.72. The normalized spacial score (nSPS) is 16.0. The predicted octanol–water partition coefficient (Wildman–Crippen LogP) is 2.27. The van der Waals surface area contributed by atoms with Crippen LogP contribution in [-0.4, -0.2) is 38.4 Å². The van der Waals surface area contributed by atoms with E-state index in [4.69, 9.17) is 0 Å². The van der Waals surface area contributed by atoms with E-state index in [-0.39, 0.29) is 10.8 Å². The molecule has 7 heteroatoms. The average Bonchev–Trinajstić information content (AvgIpc) is 3.20. The van der Waals surface area contributed by atoms with E-state index in [1.54, 1.807) is 18.2 Å². The second kappa shape index (κ2) is 9.32. The minimum Gasteiger partial charge on any atom is -0.351 e. The summed E-state index contributed by atoms with van der Waals surface area (Å²) in [6.45, 7) is 5.18. The van der Waals surface area contributed by atoms with Crippen LogP contribution in [0.2, 0.25) is 0 Å². The van der Waals surface area contributed by atoms with Crippen LogP contribution in [0.3, 0.4) is 0 Å². The van der Waals surface area contributed by atoms with E-state index in [1.165, 1.54) is 37.5 Å². The van der Waals surface area contributed by atoms with Gasteiger partial charge in [0.1, 0.15) is 0 Å². The summed E-state index contributed by atoms with van der Waals surface area (Å²) in [5.41, 5.74) is 2.25. The van der Waals surface area contributed by atoms with Crippen LogP contribution in [0.15, 0.2) is 59.5 Å². The summed E-state index contributed by atoms with van der Waals surface area (Å²) in [6, 6.07) is 15.3. The maximum absolute atomic E-state index is 12.3. The summed E-state index contributed by atoms with van der Waals surface area (Å²) < 4.78 is 27.0. The molecule has 1 aliphatic heterocycles. The van der Waals surface area contributed by atoms with Gasteiger partial charge in [0, 0.05) is 13.1 Å². The fraction of sp³-hybridized carbons (Fsp3) is 0.381. The molecule has 0 saturated carbocycles. The molecule has 1 unspecified atom stereocenters. The number of hydrogen-bond donors (Lipinski definition) is 2. The highest BCUT2D eigenvalue weighted by Gasteiger charge is 2.21. The molecular weight excluding hydrogens is 374 g/mol. The molecule has 1 fully saturated rings. The van der Waals surface area contributed by atoms with Crippen molar-refractivity contribution < 1.29 is 13.2 Å². The Balaban J connectivity index is 1.49. The summed E-state index contributed by atoms with van der Waals surface area (Å²) in [6.07, 6.45) is 2.55. The zero-order chi connectivity index (χ0) is 20.0. The van der Waals surface area contributed by atoms with E-state index in [2.05, 4.69) is 27.1 Å². The van der Waals surface area contributed by atoms with Crippen molar-refractivity contribution in [2.75, 3.05) is 13.1 Å². The van der Waals surface area contributed by atoms with Gasteiger partial charge in [0.15, 0.2) is 0 Å². The summed E-state index contributed by atoms with van der Waals surface area (Å²) in [5.74, 6) is -0.361. The van der Waals surface area contributed by atoms with Crippen LogP contribution in [0.4, 0.5) is 0 Å². The van der Waals surface area contributed by atoms with Crippen molar-refractivity contribution in [1.82, 2.24) is 14.9 Å². The van der Waals surface area contributed by atoms with Gasteiger partial charge in [-0.15, -0.1) is 0 Å². The van der Waals surface area contributed by atoms with Gasteiger partial charge in [-0.2, -0.15) is 4.72 Å². The van der Waals surface area contributed by atoms with Gasteiger partial charge in [-0.1, -0.05) is 42.5 Å². The van der Waals surface area contributed by atoms with E-state index >= 15 is 0 Å². The minimum absolute atomic E-state index is 0.142. The monoisotopic (exact) mass is 401 g/mol. The first-order valence-electron chi connectivity index (χ1n) is 9.59. The topological polar surface area (TPSA) is 78.5 Å². The number of carbonyl (C=O) groups is 1. The Morgan fingerprint density at radius 2 is 1.61 bits per heavy atom. The largest absolute Gasteiger partial charge is 0.351 e. The van der Waals surface area contributed by atoms with Gasteiger partial charge in [-0.3, -0.25) is 9.69 Å².